The summed E-state index contributed by atoms with van der Waals surface area (Å²) in [6.45, 7) is 6.97. The zero-order valence-electron chi connectivity index (χ0n) is 13.9. The normalized spacial score (nSPS) is 22.4. The fourth-order valence-corrected chi connectivity index (χ4v) is 3.46. The molecule has 1 saturated heterocycles. The molecule has 2 rings (SSSR count). The Morgan fingerprint density at radius 3 is 2.57 bits per heavy atom. The van der Waals surface area contributed by atoms with Crippen molar-refractivity contribution in [1.82, 2.24) is 9.80 Å². The molecule has 4 nitrogen and oxygen atoms in total. The number of piperazine rings is 1. The first-order valence-corrected chi connectivity index (χ1v) is 8.31. The summed E-state index contributed by atoms with van der Waals surface area (Å²) >= 11 is 6.02. The van der Waals surface area contributed by atoms with Crippen molar-refractivity contribution in [2.45, 2.75) is 32.4 Å². The SMILES string of the molecule is COCCCN1C(C)CN(C(=O)c2c(F)cccc2Cl)CC1C. The highest BCUT2D eigenvalue weighted by Crippen LogP contribution is 2.24. The number of rotatable bonds is 5. The summed E-state index contributed by atoms with van der Waals surface area (Å²) in [4.78, 5) is 16.7. The Morgan fingerprint density at radius 1 is 1.35 bits per heavy atom. The zero-order chi connectivity index (χ0) is 17.0. The molecule has 0 N–H and O–H groups in total. The highest BCUT2D eigenvalue weighted by atomic mass is 35.5. The van der Waals surface area contributed by atoms with Gasteiger partial charge in [-0.1, -0.05) is 17.7 Å². The number of methoxy groups -OCH3 is 1. The first-order chi connectivity index (χ1) is 11.0. The first-order valence-electron chi connectivity index (χ1n) is 7.93. The van der Waals surface area contributed by atoms with Gasteiger partial charge in [0, 0.05) is 45.4 Å². The second-order valence-electron chi connectivity index (χ2n) is 6.09. The number of hydrogen-bond donors (Lipinski definition) is 0. The van der Waals surface area contributed by atoms with E-state index in [0.717, 1.165) is 19.6 Å². The quantitative estimate of drug-likeness (QED) is 0.771. The molecule has 0 saturated carbocycles. The predicted octanol–water partition coefficient (Wildman–Crippen LogP) is 3.05. The molecule has 0 aliphatic carbocycles. The number of amides is 1. The molecule has 1 aromatic rings. The van der Waals surface area contributed by atoms with Crippen molar-refractivity contribution >= 4 is 17.5 Å². The van der Waals surface area contributed by atoms with Crippen LogP contribution in [0.1, 0.15) is 30.6 Å². The maximum Gasteiger partial charge on any atom is 0.258 e. The third-order valence-electron chi connectivity index (χ3n) is 4.33. The van der Waals surface area contributed by atoms with Gasteiger partial charge in [-0.25, -0.2) is 4.39 Å². The maximum absolute atomic E-state index is 14.0. The summed E-state index contributed by atoms with van der Waals surface area (Å²) in [5.74, 6) is -0.895. The lowest BCUT2D eigenvalue weighted by molar-refractivity contribution is 0.0267. The van der Waals surface area contributed by atoms with Gasteiger partial charge in [0.2, 0.25) is 0 Å². The van der Waals surface area contributed by atoms with E-state index < -0.39 is 5.82 Å². The standard InChI is InChI=1S/C17H24ClFN2O2/c1-12-10-20(11-13(2)21(12)8-5-9-23-3)17(22)16-14(18)6-4-7-15(16)19/h4,6-7,12-13H,5,8-11H2,1-3H3. The van der Waals surface area contributed by atoms with Crippen LogP contribution in [0, 0.1) is 5.82 Å². The van der Waals surface area contributed by atoms with Gasteiger partial charge in [0.25, 0.3) is 5.91 Å². The molecule has 6 heteroatoms. The number of carbonyl (C=O) groups excluding carboxylic acids is 1. The summed E-state index contributed by atoms with van der Waals surface area (Å²) in [6.07, 6.45) is 0.957. The molecule has 1 aromatic carbocycles. The zero-order valence-corrected chi connectivity index (χ0v) is 14.6. The lowest BCUT2D eigenvalue weighted by Gasteiger charge is -2.44. The van der Waals surface area contributed by atoms with E-state index in [1.165, 1.54) is 12.1 Å². The highest BCUT2D eigenvalue weighted by Gasteiger charge is 2.33. The molecule has 1 aliphatic rings. The molecule has 0 spiro atoms. The number of carbonyl (C=O) groups is 1. The van der Waals surface area contributed by atoms with Crippen LogP contribution >= 0.6 is 11.6 Å². The molecule has 1 heterocycles. The van der Waals surface area contributed by atoms with Gasteiger partial charge < -0.3 is 9.64 Å². The highest BCUT2D eigenvalue weighted by molar-refractivity contribution is 6.33. The molecule has 0 radical (unpaired) electrons. The molecule has 1 fully saturated rings. The Morgan fingerprint density at radius 2 is 2.00 bits per heavy atom. The molecule has 2 atom stereocenters. The van der Waals surface area contributed by atoms with Crippen molar-refractivity contribution in [3.05, 3.63) is 34.6 Å². The van der Waals surface area contributed by atoms with Crippen LogP contribution in [0.3, 0.4) is 0 Å². The minimum absolute atomic E-state index is 0.0265. The van der Waals surface area contributed by atoms with Crippen LogP contribution in [0.15, 0.2) is 18.2 Å². The van der Waals surface area contributed by atoms with Crippen LogP contribution in [-0.4, -0.2) is 61.1 Å². The summed E-state index contributed by atoms with van der Waals surface area (Å²) < 4.78 is 19.1. The fraction of sp³-hybridized carbons (Fsp3) is 0.588. The van der Waals surface area contributed by atoms with E-state index >= 15 is 0 Å². The van der Waals surface area contributed by atoms with Gasteiger partial charge in [0.05, 0.1) is 10.6 Å². The number of halogens is 2. The van der Waals surface area contributed by atoms with E-state index in [2.05, 4.69) is 18.7 Å². The van der Waals surface area contributed by atoms with Crippen LogP contribution in [0.25, 0.3) is 0 Å². The summed E-state index contributed by atoms with van der Waals surface area (Å²) in [7, 11) is 1.70. The van der Waals surface area contributed by atoms with E-state index in [4.69, 9.17) is 16.3 Å². The Kier molecular flexibility index (Phi) is 6.39. The van der Waals surface area contributed by atoms with E-state index in [0.29, 0.717) is 13.1 Å². The van der Waals surface area contributed by atoms with Crippen LogP contribution in [-0.2, 0) is 4.74 Å². The third kappa shape index (κ3) is 4.22. The number of hydrogen-bond acceptors (Lipinski definition) is 3. The Bertz CT molecular complexity index is 523. The largest absolute Gasteiger partial charge is 0.385 e. The molecule has 128 valence electrons. The van der Waals surface area contributed by atoms with E-state index in [-0.39, 0.29) is 28.6 Å². The number of ether oxygens (including phenoxy) is 1. The molecule has 23 heavy (non-hydrogen) atoms. The van der Waals surface area contributed by atoms with Crippen LogP contribution < -0.4 is 0 Å². The summed E-state index contributed by atoms with van der Waals surface area (Å²) in [5, 5.41) is 0.165. The van der Waals surface area contributed by atoms with Crippen LogP contribution in [0.5, 0.6) is 0 Å². The Balaban J connectivity index is 2.07. The molecule has 2 unspecified atom stereocenters. The maximum atomic E-state index is 14.0. The number of benzene rings is 1. The summed E-state index contributed by atoms with van der Waals surface area (Å²) in [5.41, 5.74) is -0.0265. The minimum atomic E-state index is -0.565. The molecular formula is C17H24ClFN2O2. The third-order valence-corrected chi connectivity index (χ3v) is 4.65. The average molecular weight is 343 g/mol. The van der Waals surface area contributed by atoms with Gasteiger partial charge in [0.1, 0.15) is 5.82 Å². The topological polar surface area (TPSA) is 32.8 Å². The van der Waals surface area contributed by atoms with Gasteiger partial charge in [-0.15, -0.1) is 0 Å². The van der Waals surface area contributed by atoms with E-state index in [9.17, 15) is 9.18 Å². The molecular weight excluding hydrogens is 319 g/mol. The molecule has 1 aliphatic heterocycles. The van der Waals surface area contributed by atoms with Crippen LogP contribution in [0.4, 0.5) is 4.39 Å². The van der Waals surface area contributed by atoms with Crippen molar-refractivity contribution in [1.29, 1.82) is 0 Å². The predicted molar refractivity (Wildman–Crippen MR) is 89.4 cm³/mol. The second-order valence-corrected chi connectivity index (χ2v) is 6.50. The molecule has 0 bridgehead atoms. The first kappa shape index (κ1) is 18.2. The van der Waals surface area contributed by atoms with Crippen molar-refractivity contribution < 1.29 is 13.9 Å². The lowest BCUT2D eigenvalue weighted by atomic mass is 10.1. The number of nitrogens with zero attached hydrogens (tertiary/aromatic N) is 2. The van der Waals surface area contributed by atoms with Gasteiger partial charge in [-0.2, -0.15) is 0 Å². The van der Waals surface area contributed by atoms with Crippen molar-refractivity contribution in [3.63, 3.8) is 0 Å². The molecule has 0 aromatic heterocycles. The Labute approximate surface area is 142 Å². The van der Waals surface area contributed by atoms with Crippen LogP contribution in [0.2, 0.25) is 5.02 Å². The molecule has 1 amide bonds. The smallest absolute Gasteiger partial charge is 0.258 e. The van der Waals surface area contributed by atoms with E-state index in [1.54, 1.807) is 18.1 Å². The monoisotopic (exact) mass is 342 g/mol. The second kappa shape index (κ2) is 8.08. The van der Waals surface area contributed by atoms with Crippen molar-refractivity contribution in [3.8, 4) is 0 Å². The fourth-order valence-electron chi connectivity index (χ4n) is 3.21. The van der Waals surface area contributed by atoms with Gasteiger partial charge in [0.15, 0.2) is 0 Å². The van der Waals surface area contributed by atoms with Crippen molar-refractivity contribution in [2.75, 3.05) is 33.4 Å². The lowest BCUT2D eigenvalue weighted by Crippen LogP contribution is -2.58. The Hall–Kier alpha value is -1.17. The van der Waals surface area contributed by atoms with Gasteiger partial charge >= 0.3 is 0 Å². The summed E-state index contributed by atoms with van der Waals surface area (Å²) in [6, 6.07) is 4.75. The average Bonchev–Trinajstić information content (AvgIpc) is 2.49. The van der Waals surface area contributed by atoms with Crippen molar-refractivity contribution in [2.24, 2.45) is 0 Å². The van der Waals surface area contributed by atoms with E-state index in [1.807, 2.05) is 0 Å². The van der Waals surface area contributed by atoms with Gasteiger partial charge in [-0.3, -0.25) is 9.69 Å². The minimum Gasteiger partial charge on any atom is -0.385 e. The van der Waals surface area contributed by atoms with Gasteiger partial charge in [-0.05, 0) is 32.4 Å².